The molecule has 0 radical (unpaired) electrons. The second-order valence-corrected chi connectivity index (χ2v) is 5.74. The van der Waals surface area contributed by atoms with Gasteiger partial charge in [0.15, 0.2) is 0 Å². The second kappa shape index (κ2) is 8.18. The van der Waals surface area contributed by atoms with Crippen LogP contribution in [0, 0.1) is 6.92 Å². The van der Waals surface area contributed by atoms with Gasteiger partial charge in [0.05, 0.1) is 25.5 Å². The molecular weight excluding hydrogens is 344 g/mol. The minimum Gasteiger partial charge on any atom is -0.495 e. The summed E-state index contributed by atoms with van der Waals surface area (Å²) in [5.41, 5.74) is 2.72. The number of esters is 1. The Kier molecular flexibility index (Phi) is 5.51. The molecule has 2 aromatic carbocycles. The van der Waals surface area contributed by atoms with Gasteiger partial charge >= 0.3 is 5.97 Å². The molecule has 0 unspecified atom stereocenters. The van der Waals surface area contributed by atoms with Gasteiger partial charge in [0.25, 0.3) is 0 Å². The summed E-state index contributed by atoms with van der Waals surface area (Å²) in [4.78, 5) is 20.6. The van der Waals surface area contributed by atoms with E-state index in [-0.39, 0.29) is 0 Å². The molecular formula is C20H20N4O3. The van der Waals surface area contributed by atoms with Crippen LogP contribution >= 0.6 is 0 Å². The molecule has 2 N–H and O–H groups in total. The fourth-order valence-corrected chi connectivity index (χ4v) is 2.55. The van der Waals surface area contributed by atoms with E-state index in [4.69, 9.17) is 9.47 Å². The lowest BCUT2D eigenvalue weighted by Gasteiger charge is -2.12. The molecule has 0 spiro atoms. The maximum atomic E-state index is 11.7. The molecule has 7 heteroatoms. The summed E-state index contributed by atoms with van der Waals surface area (Å²) < 4.78 is 10.1. The highest BCUT2D eigenvalue weighted by Gasteiger charge is 2.09. The van der Waals surface area contributed by atoms with Gasteiger partial charge in [-0.15, -0.1) is 0 Å². The Balaban J connectivity index is 1.84. The van der Waals surface area contributed by atoms with Gasteiger partial charge in [0.2, 0.25) is 5.95 Å². The molecule has 27 heavy (non-hydrogen) atoms. The van der Waals surface area contributed by atoms with E-state index in [2.05, 4.69) is 20.6 Å². The zero-order chi connectivity index (χ0) is 19.2. The first kappa shape index (κ1) is 18.2. The number of hydrogen-bond acceptors (Lipinski definition) is 7. The first-order valence-electron chi connectivity index (χ1n) is 8.30. The van der Waals surface area contributed by atoms with Crippen molar-refractivity contribution in [1.29, 1.82) is 0 Å². The van der Waals surface area contributed by atoms with E-state index < -0.39 is 5.97 Å². The minimum absolute atomic E-state index is 0.401. The number of benzene rings is 2. The molecule has 0 aliphatic rings. The fourth-order valence-electron chi connectivity index (χ4n) is 2.55. The SMILES string of the molecule is COC(=O)c1cccc(Nc2nc(C)cc(Nc3ccccc3OC)n2)c1. The lowest BCUT2D eigenvalue weighted by Crippen LogP contribution is -2.05. The van der Waals surface area contributed by atoms with Crippen molar-refractivity contribution in [2.45, 2.75) is 6.92 Å². The zero-order valence-electron chi connectivity index (χ0n) is 15.3. The summed E-state index contributed by atoms with van der Waals surface area (Å²) in [7, 11) is 2.97. The number of nitrogens with one attached hydrogen (secondary N) is 2. The van der Waals surface area contributed by atoms with Crippen LogP contribution in [-0.2, 0) is 4.74 Å². The number of nitrogens with zero attached hydrogens (tertiary/aromatic N) is 2. The Hall–Kier alpha value is -3.61. The van der Waals surface area contributed by atoms with E-state index >= 15 is 0 Å². The van der Waals surface area contributed by atoms with Gasteiger partial charge in [-0.3, -0.25) is 0 Å². The summed E-state index contributed by atoms with van der Waals surface area (Å²) >= 11 is 0. The highest BCUT2D eigenvalue weighted by Crippen LogP contribution is 2.27. The maximum absolute atomic E-state index is 11.7. The van der Waals surface area contributed by atoms with Crippen LogP contribution in [0.1, 0.15) is 16.1 Å². The molecule has 138 valence electrons. The predicted octanol–water partition coefficient (Wildman–Crippen LogP) is 4.07. The molecule has 0 fully saturated rings. The van der Waals surface area contributed by atoms with Gasteiger partial charge in [0, 0.05) is 17.4 Å². The summed E-state index contributed by atoms with van der Waals surface area (Å²) in [6, 6.07) is 16.4. The summed E-state index contributed by atoms with van der Waals surface area (Å²) in [6.45, 7) is 1.88. The fraction of sp³-hybridized carbons (Fsp3) is 0.150. The first-order chi connectivity index (χ1) is 13.1. The van der Waals surface area contributed by atoms with E-state index in [9.17, 15) is 4.79 Å². The van der Waals surface area contributed by atoms with Crippen molar-refractivity contribution >= 4 is 29.1 Å². The lowest BCUT2D eigenvalue weighted by molar-refractivity contribution is 0.0601. The second-order valence-electron chi connectivity index (χ2n) is 5.74. The number of anilines is 4. The average Bonchev–Trinajstić information content (AvgIpc) is 2.67. The Morgan fingerprint density at radius 2 is 1.78 bits per heavy atom. The van der Waals surface area contributed by atoms with E-state index in [1.54, 1.807) is 25.3 Å². The topological polar surface area (TPSA) is 85.4 Å². The maximum Gasteiger partial charge on any atom is 0.337 e. The normalized spacial score (nSPS) is 10.2. The van der Waals surface area contributed by atoms with Crippen molar-refractivity contribution in [3.63, 3.8) is 0 Å². The van der Waals surface area contributed by atoms with Crippen molar-refractivity contribution in [3.05, 3.63) is 65.9 Å². The van der Waals surface area contributed by atoms with Crippen LogP contribution in [0.25, 0.3) is 0 Å². The van der Waals surface area contributed by atoms with Gasteiger partial charge in [-0.25, -0.2) is 9.78 Å². The molecule has 0 aliphatic heterocycles. The quantitative estimate of drug-likeness (QED) is 0.638. The van der Waals surface area contributed by atoms with Crippen LogP contribution in [0.4, 0.5) is 23.1 Å². The number of para-hydroxylation sites is 2. The number of aryl methyl sites for hydroxylation is 1. The molecule has 0 bridgehead atoms. The smallest absolute Gasteiger partial charge is 0.337 e. The van der Waals surface area contributed by atoms with Crippen molar-refractivity contribution in [2.24, 2.45) is 0 Å². The number of carbonyl (C=O) groups is 1. The highest BCUT2D eigenvalue weighted by molar-refractivity contribution is 5.90. The van der Waals surface area contributed by atoms with Gasteiger partial charge in [-0.05, 0) is 37.3 Å². The Morgan fingerprint density at radius 3 is 2.56 bits per heavy atom. The molecule has 0 amide bonds. The highest BCUT2D eigenvalue weighted by atomic mass is 16.5. The number of rotatable bonds is 6. The molecule has 0 aliphatic carbocycles. The van der Waals surface area contributed by atoms with Crippen LogP contribution in [0.15, 0.2) is 54.6 Å². The third-order valence-electron chi connectivity index (χ3n) is 3.76. The molecule has 0 atom stereocenters. The van der Waals surface area contributed by atoms with E-state index in [1.165, 1.54) is 7.11 Å². The molecule has 1 heterocycles. The van der Waals surface area contributed by atoms with Gasteiger partial charge in [0.1, 0.15) is 11.6 Å². The zero-order valence-corrected chi connectivity index (χ0v) is 15.3. The Bertz CT molecular complexity index is 959. The summed E-state index contributed by atoms with van der Waals surface area (Å²) in [5, 5.41) is 6.36. The van der Waals surface area contributed by atoms with Gasteiger partial charge in [-0.2, -0.15) is 4.98 Å². The lowest BCUT2D eigenvalue weighted by atomic mass is 10.2. The predicted molar refractivity (Wildman–Crippen MR) is 104 cm³/mol. The van der Waals surface area contributed by atoms with Gasteiger partial charge < -0.3 is 20.1 Å². The number of ether oxygens (including phenoxy) is 2. The van der Waals surface area contributed by atoms with Crippen molar-refractivity contribution in [1.82, 2.24) is 9.97 Å². The van der Waals surface area contributed by atoms with E-state index in [0.29, 0.717) is 28.8 Å². The molecule has 3 aromatic rings. The number of methoxy groups -OCH3 is 2. The number of aromatic nitrogens is 2. The largest absolute Gasteiger partial charge is 0.495 e. The molecule has 3 rings (SSSR count). The van der Waals surface area contributed by atoms with Crippen LogP contribution in [0.3, 0.4) is 0 Å². The molecule has 1 aromatic heterocycles. The third-order valence-corrected chi connectivity index (χ3v) is 3.76. The average molecular weight is 364 g/mol. The van der Waals surface area contributed by atoms with Crippen LogP contribution in [0.2, 0.25) is 0 Å². The third kappa shape index (κ3) is 4.52. The standard InChI is InChI=1S/C20H20N4O3/c1-13-11-18(23-16-9-4-5-10-17(16)26-2)24-20(21-13)22-15-8-6-7-14(12-15)19(25)27-3/h4-12H,1-3H3,(H2,21,22,23,24). The molecule has 0 saturated carbocycles. The number of hydrogen-bond donors (Lipinski definition) is 2. The Labute approximate surface area is 157 Å². The Morgan fingerprint density at radius 1 is 0.963 bits per heavy atom. The van der Waals surface area contributed by atoms with Gasteiger partial charge in [-0.1, -0.05) is 18.2 Å². The van der Waals surface area contributed by atoms with E-state index in [1.807, 2.05) is 43.3 Å². The van der Waals surface area contributed by atoms with Crippen molar-refractivity contribution in [3.8, 4) is 5.75 Å². The van der Waals surface area contributed by atoms with Crippen molar-refractivity contribution in [2.75, 3.05) is 24.9 Å². The van der Waals surface area contributed by atoms with E-state index in [0.717, 1.165) is 11.4 Å². The van der Waals surface area contributed by atoms with Crippen LogP contribution in [-0.4, -0.2) is 30.2 Å². The molecule has 0 saturated heterocycles. The minimum atomic E-state index is -0.401. The summed E-state index contributed by atoms with van der Waals surface area (Å²) in [5.74, 6) is 1.35. The van der Waals surface area contributed by atoms with Crippen molar-refractivity contribution < 1.29 is 14.3 Å². The summed E-state index contributed by atoms with van der Waals surface area (Å²) in [6.07, 6.45) is 0. The first-order valence-corrected chi connectivity index (χ1v) is 8.30. The number of carbonyl (C=O) groups excluding carboxylic acids is 1. The van der Waals surface area contributed by atoms with Crippen LogP contribution in [0.5, 0.6) is 5.75 Å². The monoisotopic (exact) mass is 364 g/mol. The van der Waals surface area contributed by atoms with Crippen LogP contribution < -0.4 is 15.4 Å². The molecule has 7 nitrogen and oxygen atoms in total.